The zero-order valence-electron chi connectivity index (χ0n) is 9.10. The average molecular weight is 230 g/mol. The van der Waals surface area contributed by atoms with Crippen molar-refractivity contribution in [1.82, 2.24) is 0 Å². The molecular weight excluding hydrogens is 216 g/mol. The fourth-order valence-electron chi connectivity index (χ4n) is 1.66. The zero-order chi connectivity index (χ0) is 11.5. The first kappa shape index (κ1) is 10.9. The molecule has 2 aromatic rings. The third kappa shape index (κ3) is 1.99. The highest BCUT2D eigenvalue weighted by atomic mass is 32.2. The third-order valence-electron chi connectivity index (χ3n) is 2.50. The van der Waals surface area contributed by atoms with Crippen LogP contribution in [0.3, 0.4) is 0 Å². The van der Waals surface area contributed by atoms with Gasteiger partial charge in [-0.3, -0.25) is 0 Å². The number of benzene rings is 2. The summed E-state index contributed by atoms with van der Waals surface area (Å²) in [7, 11) is 0. The number of para-hydroxylation sites is 1. The molecule has 0 radical (unpaired) electrons. The Morgan fingerprint density at radius 3 is 2.31 bits per heavy atom. The number of nitrogens with two attached hydrogens (primary N) is 2. The SMILES string of the molecule is CSc1ccc(-c2ccccc2N)cc1N. The third-order valence-corrected chi connectivity index (χ3v) is 3.31. The van der Waals surface area contributed by atoms with Gasteiger partial charge >= 0.3 is 0 Å². The van der Waals surface area contributed by atoms with Crippen molar-refractivity contribution < 1.29 is 0 Å². The van der Waals surface area contributed by atoms with Gasteiger partial charge in [-0.1, -0.05) is 24.3 Å². The van der Waals surface area contributed by atoms with Gasteiger partial charge in [0.25, 0.3) is 0 Å². The van der Waals surface area contributed by atoms with Crippen LogP contribution in [0.25, 0.3) is 11.1 Å². The van der Waals surface area contributed by atoms with Crippen molar-refractivity contribution in [2.24, 2.45) is 0 Å². The summed E-state index contributed by atoms with van der Waals surface area (Å²) in [5.74, 6) is 0. The summed E-state index contributed by atoms with van der Waals surface area (Å²) in [6, 6.07) is 13.9. The largest absolute Gasteiger partial charge is 0.398 e. The number of hydrogen-bond donors (Lipinski definition) is 2. The van der Waals surface area contributed by atoms with Crippen LogP contribution in [-0.4, -0.2) is 6.26 Å². The molecule has 0 heterocycles. The molecule has 0 fully saturated rings. The second-order valence-corrected chi connectivity index (χ2v) is 4.39. The van der Waals surface area contributed by atoms with Gasteiger partial charge in [0.15, 0.2) is 0 Å². The monoisotopic (exact) mass is 230 g/mol. The Labute approximate surface area is 99.7 Å². The topological polar surface area (TPSA) is 52.0 Å². The van der Waals surface area contributed by atoms with Crippen molar-refractivity contribution in [3.8, 4) is 11.1 Å². The van der Waals surface area contributed by atoms with E-state index in [1.54, 1.807) is 11.8 Å². The average Bonchev–Trinajstić information content (AvgIpc) is 2.29. The lowest BCUT2D eigenvalue weighted by Crippen LogP contribution is -1.92. The maximum Gasteiger partial charge on any atom is 0.0458 e. The van der Waals surface area contributed by atoms with Crippen LogP contribution in [-0.2, 0) is 0 Å². The van der Waals surface area contributed by atoms with Crippen LogP contribution in [0.15, 0.2) is 47.4 Å². The van der Waals surface area contributed by atoms with E-state index in [9.17, 15) is 0 Å². The highest BCUT2D eigenvalue weighted by Crippen LogP contribution is 2.31. The first-order valence-electron chi connectivity index (χ1n) is 5.01. The van der Waals surface area contributed by atoms with E-state index >= 15 is 0 Å². The highest BCUT2D eigenvalue weighted by molar-refractivity contribution is 7.98. The van der Waals surface area contributed by atoms with Gasteiger partial charge in [0.05, 0.1) is 0 Å². The van der Waals surface area contributed by atoms with Crippen LogP contribution in [0.2, 0.25) is 0 Å². The summed E-state index contributed by atoms with van der Waals surface area (Å²) in [6.07, 6.45) is 2.02. The lowest BCUT2D eigenvalue weighted by atomic mass is 10.0. The van der Waals surface area contributed by atoms with Crippen molar-refractivity contribution in [2.75, 3.05) is 17.7 Å². The molecule has 0 atom stereocenters. The molecule has 0 bridgehead atoms. The molecule has 16 heavy (non-hydrogen) atoms. The molecule has 0 saturated heterocycles. The minimum atomic E-state index is 0.777. The lowest BCUT2D eigenvalue weighted by Gasteiger charge is -2.08. The Hall–Kier alpha value is -1.61. The fourth-order valence-corrected chi connectivity index (χ4v) is 2.16. The normalized spacial score (nSPS) is 10.3. The summed E-state index contributed by atoms with van der Waals surface area (Å²) >= 11 is 1.65. The predicted molar refractivity (Wildman–Crippen MR) is 72.5 cm³/mol. The Morgan fingerprint density at radius 1 is 0.938 bits per heavy atom. The second kappa shape index (κ2) is 4.49. The van der Waals surface area contributed by atoms with Gasteiger partial charge in [-0.15, -0.1) is 11.8 Å². The summed E-state index contributed by atoms with van der Waals surface area (Å²) in [6.45, 7) is 0. The minimum absolute atomic E-state index is 0.777. The van der Waals surface area contributed by atoms with Gasteiger partial charge in [0.1, 0.15) is 0 Å². The molecule has 4 N–H and O–H groups in total. The summed E-state index contributed by atoms with van der Waals surface area (Å²) in [5.41, 5.74) is 15.6. The second-order valence-electron chi connectivity index (χ2n) is 3.54. The molecule has 0 aliphatic carbocycles. The number of hydrogen-bond acceptors (Lipinski definition) is 3. The van der Waals surface area contributed by atoms with Crippen molar-refractivity contribution >= 4 is 23.1 Å². The van der Waals surface area contributed by atoms with Crippen molar-refractivity contribution in [1.29, 1.82) is 0 Å². The zero-order valence-corrected chi connectivity index (χ0v) is 9.92. The van der Waals surface area contributed by atoms with Gasteiger partial charge in [0, 0.05) is 21.8 Å². The van der Waals surface area contributed by atoms with E-state index in [0.717, 1.165) is 27.4 Å². The molecule has 0 aliphatic rings. The first-order valence-corrected chi connectivity index (χ1v) is 6.23. The molecule has 0 amide bonds. The molecule has 0 unspecified atom stereocenters. The van der Waals surface area contributed by atoms with E-state index in [0.29, 0.717) is 0 Å². The summed E-state index contributed by atoms with van der Waals surface area (Å²) < 4.78 is 0. The van der Waals surface area contributed by atoms with Crippen LogP contribution in [0.5, 0.6) is 0 Å². The van der Waals surface area contributed by atoms with Crippen molar-refractivity contribution in [3.63, 3.8) is 0 Å². The van der Waals surface area contributed by atoms with Gasteiger partial charge < -0.3 is 11.5 Å². The molecule has 0 spiro atoms. The first-order chi connectivity index (χ1) is 7.72. The van der Waals surface area contributed by atoms with Crippen LogP contribution in [0, 0.1) is 0 Å². The van der Waals surface area contributed by atoms with Crippen LogP contribution in [0.1, 0.15) is 0 Å². The van der Waals surface area contributed by atoms with Crippen LogP contribution < -0.4 is 11.5 Å². The Morgan fingerprint density at radius 2 is 1.69 bits per heavy atom. The van der Waals surface area contributed by atoms with E-state index < -0.39 is 0 Å². The Kier molecular flexibility index (Phi) is 3.06. The molecule has 82 valence electrons. The number of nitrogen functional groups attached to an aromatic ring is 2. The maximum atomic E-state index is 5.96. The molecular formula is C13H14N2S. The molecule has 0 saturated carbocycles. The summed E-state index contributed by atoms with van der Waals surface area (Å²) in [5, 5.41) is 0. The number of anilines is 2. The van der Waals surface area contributed by atoms with Gasteiger partial charge in [-0.25, -0.2) is 0 Å². The van der Waals surface area contributed by atoms with Gasteiger partial charge in [-0.05, 0) is 30.0 Å². The minimum Gasteiger partial charge on any atom is -0.398 e. The Bertz CT molecular complexity index is 509. The maximum absolute atomic E-state index is 5.96. The smallest absolute Gasteiger partial charge is 0.0458 e. The fraction of sp³-hybridized carbons (Fsp3) is 0.0769. The summed E-state index contributed by atoms with van der Waals surface area (Å²) in [4.78, 5) is 1.10. The predicted octanol–water partition coefficient (Wildman–Crippen LogP) is 3.24. The van der Waals surface area contributed by atoms with E-state index in [1.165, 1.54) is 0 Å². The molecule has 2 rings (SSSR count). The molecule has 0 aromatic heterocycles. The number of thioether (sulfide) groups is 1. The van der Waals surface area contributed by atoms with Crippen molar-refractivity contribution in [3.05, 3.63) is 42.5 Å². The van der Waals surface area contributed by atoms with E-state index in [4.69, 9.17) is 11.5 Å². The van der Waals surface area contributed by atoms with Crippen LogP contribution in [0.4, 0.5) is 11.4 Å². The van der Waals surface area contributed by atoms with E-state index in [1.807, 2.05) is 48.7 Å². The quantitative estimate of drug-likeness (QED) is 0.615. The molecule has 0 aliphatic heterocycles. The molecule has 2 nitrogen and oxygen atoms in total. The van der Waals surface area contributed by atoms with Gasteiger partial charge in [-0.2, -0.15) is 0 Å². The van der Waals surface area contributed by atoms with Crippen LogP contribution >= 0.6 is 11.8 Å². The molecule has 2 aromatic carbocycles. The van der Waals surface area contributed by atoms with E-state index in [2.05, 4.69) is 0 Å². The molecule has 3 heteroatoms. The number of rotatable bonds is 2. The van der Waals surface area contributed by atoms with Gasteiger partial charge in [0.2, 0.25) is 0 Å². The van der Waals surface area contributed by atoms with E-state index in [-0.39, 0.29) is 0 Å². The lowest BCUT2D eigenvalue weighted by molar-refractivity contribution is 1.46. The Balaban J connectivity index is 2.50. The standard InChI is InChI=1S/C13H14N2S/c1-16-13-7-6-9(8-12(13)15)10-4-2-3-5-11(10)14/h2-8H,14-15H2,1H3. The van der Waals surface area contributed by atoms with Crippen molar-refractivity contribution in [2.45, 2.75) is 4.90 Å². The highest BCUT2D eigenvalue weighted by Gasteiger charge is 2.04.